The summed E-state index contributed by atoms with van der Waals surface area (Å²) in [5.74, 6) is 1.75. The molecule has 0 aliphatic rings. The number of benzene rings is 1. The van der Waals surface area contributed by atoms with Crippen LogP contribution < -0.4 is 10.6 Å². The van der Waals surface area contributed by atoms with Gasteiger partial charge in [-0.05, 0) is 48.6 Å². The van der Waals surface area contributed by atoms with Crippen molar-refractivity contribution in [1.29, 1.82) is 0 Å². The molecule has 23 heavy (non-hydrogen) atoms. The third-order valence-corrected chi connectivity index (χ3v) is 4.15. The standard InChI is InChI=1S/C16H23FN4S.HI/c1-18-16(19-7-3-9-22-2)20-8-6-12-11-21-15-5-4-13(17)10-14(12)15;/h4-5,10-11,21H,3,6-9H2,1-2H3,(H2,18,19,20);1H. The molecule has 0 saturated carbocycles. The van der Waals surface area contributed by atoms with E-state index in [-0.39, 0.29) is 29.8 Å². The summed E-state index contributed by atoms with van der Waals surface area (Å²) < 4.78 is 13.3. The summed E-state index contributed by atoms with van der Waals surface area (Å²) in [5.41, 5.74) is 2.08. The van der Waals surface area contributed by atoms with E-state index in [0.29, 0.717) is 0 Å². The van der Waals surface area contributed by atoms with E-state index in [2.05, 4.69) is 26.9 Å². The summed E-state index contributed by atoms with van der Waals surface area (Å²) in [6.45, 7) is 1.67. The number of nitrogens with zero attached hydrogens (tertiary/aromatic N) is 1. The van der Waals surface area contributed by atoms with Crippen molar-refractivity contribution in [3.8, 4) is 0 Å². The van der Waals surface area contributed by atoms with Gasteiger partial charge in [0.25, 0.3) is 0 Å². The average Bonchev–Trinajstić information content (AvgIpc) is 2.92. The average molecular weight is 450 g/mol. The fourth-order valence-electron chi connectivity index (χ4n) is 2.32. The van der Waals surface area contributed by atoms with Crippen LogP contribution in [0, 0.1) is 5.82 Å². The number of aliphatic imine (C=N–C) groups is 1. The van der Waals surface area contributed by atoms with Crippen molar-refractivity contribution in [2.45, 2.75) is 12.8 Å². The summed E-state index contributed by atoms with van der Waals surface area (Å²) in [7, 11) is 1.77. The van der Waals surface area contributed by atoms with E-state index < -0.39 is 0 Å². The van der Waals surface area contributed by atoms with Crippen LogP contribution in [0.15, 0.2) is 29.4 Å². The molecule has 0 unspecified atom stereocenters. The number of guanidine groups is 1. The first kappa shape index (κ1) is 20.1. The molecule has 2 aromatic rings. The molecule has 0 fully saturated rings. The number of halogens is 2. The zero-order valence-electron chi connectivity index (χ0n) is 13.5. The third-order valence-electron chi connectivity index (χ3n) is 3.46. The molecule has 0 spiro atoms. The Morgan fingerprint density at radius 1 is 1.30 bits per heavy atom. The molecule has 128 valence electrons. The number of aromatic amines is 1. The minimum atomic E-state index is -0.201. The molecule has 1 aromatic carbocycles. The third kappa shape index (κ3) is 6.21. The van der Waals surface area contributed by atoms with E-state index in [0.717, 1.165) is 54.1 Å². The molecule has 0 saturated heterocycles. The van der Waals surface area contributed by atoms with Gasteiger partial charge in [-0.25, -0.2) is 4.39 Å². The van der Waals surface area contributed by atoms with Crippen LogP contribution in [0.3, 0.4) is 0 Å². The van der Waals surface area contributed by atoms with Crippen molar-refractivity contribution in [3.63, 3.8) is 0 Å². The van der Waals surface area contributed by atoms with Gasteiger partial charge in [-0.15, -0.1) is 24.0 Å². The number of hydrogen-bond donors (Lipinski definition) is 3. The Balaban J connectivity index is 0.00000264. The number of nitrogens with one attached hydrogen (secondary N) is 3. The molecular formula is C16H24FIN4S. The summed E-state index contributed by atoms with van der Waals surface area (Å²) in [6, 6.07) is 4.83. The van der Waals surface area contributed by atoms with Crippen molar-refractivity contribution < 1.29 is 4.39 Å². The van der Waals surface area contributed by atoms with E-state index in [1.165, 1.54) is 6.07 Å². The van der Waals surface area contributed by atoms with Crippen LogP contribution in [0.5, 0.6) is 0 Å². The van der Waals surface area contributed by atoms with Gasteiger partial charge < -0.3 is 15.6 Å². The first-order valence-corrected chi connectivity index (χ1v) is 8.83. The maximum absolute atomic E-state index is 13.3. The van der Waals surface area contributed by atoms with Crippen LogP contribution in [-0.2, 0) is 6.42 Å². The van der Waals surface area contributed by atoms with Crippen LogP contribution >= 0.6 is 35.7 Å². The molecule has 0 bridgehead atoms. The highest BCUT2D eigenvalue weighted by Crippen LogP contribution is 2.19. The lowest BCUT2D eigenvalue weighted by Crippen LogP contribution is -2.38. The van der Waals surface area contributed by atoms with Crippen molar-refractivity contribution in [2.75, 3.05) is 32.1 Å². The van der Waals surface area contributed by atoms with E-state index in [9.17, 15) is 4.39 Å². The quantitative estimate of drug-likeness (QED) is 0.263. The van der Waals surface area contributed by atoms with Crippen LogP contribution in [0.2, 0.25) is 0 Å². The Kier molecular flexibility index (Phi) is 9.39. The van der Waals surface area contributed by atoms with E-state index >= 15 is 0 Å². The van der Waals surface area contributed by atoms with Crippen LogP contribution in [0.25, 0.3) is 10.9 Å². The highest BCUT2D eigenvalue weighted by atomic mass is 127. The van der Waals surface area contributed by atoms with Gasteiger partial charge in [0, 0.05) is 37.2 Å². The molecule has 0 amide bonds. The van der Waals surface area contributed by atoms with Crippen molar-refractivity contribution in [3.05, 3.63) is 35.8 Å². The number of fused-ring (bicyclic) bond motifs is 1. The van der Waals surface area contributed by atoms with Crippen LogP contribution in [-0.4, -0.2) is 43.1 Å². The van der Waals surface area contributed by atoms with Gasteiger partial charge in [0.15, 0.2) is 5.96 Å². The van der Waals surface area contributed by atoms with Crippen LogP contribution in [0.4, 0.5) is 4.39 Å². The van der Waals surface area contributed by atoms with Crippen LogP contribution in [0.1, 0.15) is 12.0 Å². The normalized spacial score (nSPS) is 11.3. The number of hydrogen-bond acceptors (Lipinski definition) is 2. The van der Waals surface area contributed by atoms with E-state index in [1.807, 2.05) is 18.0 Å². The Labute approximate surface area is 158 Å². The van der Waals surface area contributed by atoms with Crippen molar-refractivity contribution in [1.82, 2.24) is 15.6 Å². The SMILES string of the molecule is CN=C(NCCCSC)NCCc1c[nH]c2ccc(F)cc12.I. The van der Waals surface area contributed by atoms with Gasteiger partial charge in [0.1, 0.15) is 5.82 Å². The molecule has 2 rings (SSSR count). The number of rotatable bonds is 7. The predicted octanol–water partition coefficient (Wildman–Crippen LogP) is 3.39. The van der Waals surface area contributed by atoms with Gasteiger partial charge in [0.2, 0.25) is 0 Å². The monoisotopic (exact) mass is 450 g/mol. The Morgan fingerprint density at radius 2 is 2.09 bits per heavy atom. The van der Waals surface area contributed by atoms with Gasteiger partial charge in [-0.2, -0.15) is 11.8 Å². The molecular weight excluding hydrogens is 426 g/mol. The van der Waals surface area contributed by atoms with Crippen molar-refractivity contribution >= 4 is 52.6 Å². The van der Waals surface area contributed by atoms with Gasteiger partial charge in [-0.3, -0.25) is 4.99 Å². The molecule has 1 heterocycles. The summed E-state index contributed by atoms with van der Waals surface area (Å²) in [5, 5.41) is 7.53. The smallest absolute Gasteiger partial charge is 0.190 e. The van der Waals surface area contributed by atoms with Gasteiger partial charge >= 0.3 is 0 Å². The topological polar surface area (TPSA) is 52.2 Å². The Bertz CT molecular complexity index is 630. The predicted molar refractivity (Wildman–Crippen MR) is 110 cm³/mol. The summed E-state index contributed by atoms with van der Waals surface area (Å²) in [6.07, 6.45) is 5.98. The fourth-order valence-corrected chi connectivity index (χ4v) is 2.75. The van der Waals surface area contributed by atoms with Gasteiger partial charge in [0.05, 0.1) is 0 Å². The molecule has 3 N–H and O–H groups in total. The fraction of sp³-hybridized carbons (Fsp3) is 0.438. The minimum absolute atomic E-state index is 0. The highest BCUT2D eigenvalue weighted by Gasteiger charge is 2.05. The van der Waals surface area contributed by atoms with E-state index in [4.69, 9.17) is 0 Å². The lowest BCUT2D eigenvalue weighted by molar-refractivity contribution is 0.629. The zero-order chi connectivity index (χ0) is 15.8. The van der Waals surface area contributed by atoms with Gasteiger partial charge in [-0.1, -0.05) is 0 Å². The Hall–Kier alpha value is -0.960. The highest BCUT2D eigenvalue weighted by molar-refractivity contribution is 14.0. The minimum Gasteiger partial charge on any atom is -0.361 e. The molecule has 1 aromatic heterocycles. The maximum Gasteiger partial charge on any atom is 0.190 e. The number of thioether (sulfide) groups is 1. The lowest BCUT2D eigenvalue weighted by atomic mass is 10.1. The molecule has 0 atom stereocenters. The molecule has 0 aliphatic carbocycles. The van der Waals surface area contributed by atoms with Crippen molar-refractivity contribution in [2.24, 2.45) is 4.99 Å². The van der Waals surface area contributed by atoms with E-state index in [1.54, 1.807) is 19.2 Å². The zero-order valence-corrected chi connectivity index (χ0v) is 16.6. The summed E-state index contributed by atoms with van der Waals surface area (Å²) >= 11 is 1.84. The second kappa shape index (κ2) is 10.7. The Morgan fingerprint density at radius 3 is 2.83 bits per heavy atom. The number of H-pyrrole nitrogens is 1. The molecule has 0 radical (unpaired) electrons. The molecule has 7 heteroatoms. The molecule has 4 nitrogen and oxygen atoms in total. The second-order valence-corrected chi connectivity index (χ2v) is 6.01. The first-order chi connectivity index (χ1) is 10.7. The largest absolute Gasteiger partial charge is 0.361 e. The maximum atomic E-state index is 13.3. The second-order valence-electron chi connectivity index (χ2n) is 5.03. The summed E-state index contributed by atoms with van der Waals surface area (Å²) in [4.78, 5) is 7.37. The number of aromatic nitrogens is 1. The molecule has 0 aliphatic heterocycles. The first-order valence-electron chi connectivity index (χ1n) is 7.43. The lowest BCUT2D eigenvalue weighted by Gasteiger charge is -2.11.